The summed E-state index contributed by atoms with van der Waals surface area (Å²) in [6.45, 7) is 3.52. The first-order valence-electron chi connectivity index (χ1n) is 9.65. The van der Waals surface area contributed by atoms with Crippen LogP contribution in [0.25, 0.3) is 0 Å². The Labute approximate surface area is 173 Å². The number of ether oxygens (including phenoxy) is 1. The maximum Gasteiger partial charge on any atom is 0.416 e. The van der Waals surface area contributed by atoms with E-state index in [4.69, 9.17) is 4.74 Å². The third kappa shape index (κ3) is 5.70. The lowest BCUT2D eigenvalue weighted by Crippen LogP contribution is -2.46. The first-order chi connectivity index (χ1) is 14.4. The molecule has 2 aromatic rings. The van der Waals surface area contributed by atoms with E-state index in [-0.39, 0.29) is 6.04 Å². The molecule has 30 heavy (non-hydrogen) atoms. The maximum atomic E-state index is 12.9. The number of alkyl halides is 3. The maximum absolute atomic E-state index is 12.9. The van der Waals surface area contributed by atoms with Crippen molar-refractivity contribution in [3.05, 3.63) is 47.5 Å². The molecule has 0 radical (unpaired) electrons. The Balaban J connectivity index is 1.68. The molecule has 0 amide bonds. The van der Waals surface area contributed by atoms with Gasteiger partial charge in [0.25, 0.3) is 0 Å². The van der Waals surface area contributed by atoms with Crippen LogP contribution in [0.1, 0.15) is 23.0 Å². The molecule has 3 rings (SSSR count). The van der Waals surface area contributed by atoms with Crippen molar-refractivity contribution in [1.29, 1.82) is 0 Å². The number of aryl methyl sites for hydroxylation is 1. The lowest BCUT2D eigenvalue weighted by Gasteiger charge is -2.35. The first kappa shape index (κ1) is 22.0. The minimum atomic E-state index is -4.35. The highest BCUT2D eigenvalue weighted by atomic mass is 19.4. The molecule has 11 heteroatoms. The zero-order chi connectivity index (χ0) is 21.6. The molecule has 2 heterocycles. The first-order valence-corrected chi connectivity index (χ1v) is 9.65. The second kappa shape index (κ2) is 9.90. The number of aliphatic imine (C=N–C) groups is 1. The van der Waals surface area contributed by atoms with Gasteiger partial charge in [-0.25, -0.2) is 4.98 Å². The molecular weight excluding hydrogens is 399 g/mol. The second-order valence-corrected chi connectivity index (χ2v) is 6.89. The van der Waals surface area contributed by atoms with E-state index < -0.39 is 11.7 Å². The molecule has 1 aliphatic rings. The number of morpholine rings is 1. The molecule has 1 atom stereocenters. The number of benzene rings is 1. The number of halogens is 3. The molecule has 1 aromatic carbocycles. The molecule has 2 N–H and O–H groups in total. The number of hydrogen-bond donors (Lipinski definition) is 2. The largest absolute Gasteiger partial charge is 0.416 e. The number of rotatable bonds is 6. The van der Waals surface area contributed by atoms with Crippen molar-refractivity contribution in [1.82, 2.24) is 30.3 Å². The van der Waals surface area contributed by atoms with Crippen LogP contribution < -0.4 is 10.6 Å². The van der Waals surface area contributed by atoms with E-state index in [1.54, 1.807) is 30.9 Å². The van der Waals surface area contributed by atoms with Crippen molar-refractivity contribution in [2.75, 3.05) is 39.9 Å². The van der Waals surface area contributed by atoms with Gasteiger partial charge in [-0.05, 0) is 17.7 Å². The van der Waals surface area contributed by atoms with Gasteiger partial charge in [0.05, 0.1) is 31.4 Å². The molecule has 0 spiro atoms. The molecule has 8 nitrogen and oxygen atoms in total. The van der Waals surface area contributed by atoms with Crippen molar-refractivity contribution >= 4 is 5.96 Å². The quantitative estimate of drug-likeness (QED) is 0.540. The van der Waals surface area contributed by atoms with Crippen LogP contribution in [0.15, 0.2) is 35.6 Å². The fourth-order valence-corrected chi connectivity index (χ4v) is 3.30. The summed E-state index contributed by atoms with van der Waals surface area (Å²) in [5.41, 5.74) is 0.155. The van der Waals surface area contributed by atoms with Crippen molar-refractivity contribution < 1.29 is 17.9 Å². The standard InChI is InChI=1S/C19H26F3N7O/c1-23-18(25-12-17-26-13-27-28(17)2)24-11-16(29-7-9-30-10-8-29)14-3-5-15(6-4-14)19(20,21)22/h3-6,13,16H,7-12H2,1-2H3,(H2,23,24,25). The Hall–Kier alpha value is -2.66. The summed E-state index contributed by atoms with van der Waals surface area (Å²) >= 11 is 0. The topological polar surface area (TPSA) is 79.6 Å². The summed E-state index contributed by atoms with van der Waals surface area (Å²) in [5.74, 6) is 1.33. The third-order valence-electron chi connectivity index (χ3n) is 5.01. The smallest absolute Gasteiger partial charge is 0.379 e. The average molecular weight is 425 g/mol. The number of hydrogen-bond acceptors (Lipinski definition) is 5. The van der Waals surface area contributed by atoms with Crippen LogP contribution >= 0.6 is 0 Å². The van der Waals surface area contributed by atoms with Gasteiger partial charge >= 0.3 is 6.18 Å². The second-order valence-electron chi connectivity index (χ2n) is 6.89. The Bertz CT molecular complexity index is 829. The molecule has 1 unspecified atom stereocenters. The highest BCUT2D eigenvalue weighted by Crippen LogP contribution is 2.31. The lowest BCUT2D eigenvalue weighted by molar-refractivity contribution is -0.137. The van der Waals surface area contributed by atoms with Crippen molar-refractivity contribution in [3.63, 3.8) is 0 Å². The van der Waals surface area contributed by atoms with E-state index in [1.807, 2.05) is 0 Å². The van der Waals surface area contributed by atoms with Crippen molar-refractivity contribution in [2.45, 2.75) is 18.8 Å². The molecule has 0 bridgehead atoms. The van der Waals surface area contributed by atoms with Gasteiger partial charge in [0.15, 0.2) is 5.96 Å². The van der Waals surface area contributed by atoms with Crippen LogP contribution in [0, 0.1) is 0 Å². The predicted molar refractivity (Wildman–Crippen MR) is 106 cm³/mol. The molecule has 0 aliphatic carbocycles. The Morgan fingerprint density at radius 1 is 1.20 bits per heavy atom. The Morgan fingerprint density at radius 2 is 1.90 bits per heavy atom. The highest BCUT2D eigenvalue weighted by molar-refractivity contribution is 5.79. The number of nitrogens with zero attached hydrogens (tertiary/aromatic N) is 5. The highest BCUT2D eigenvalue weighted by Gasteiger charge is 2.31. The summed E-state index contributed by atoms with van der Waals surface area (Å²) in [4.78, 5) is 10.6. The van der Waals surface area contributed by atoms with Crippen LogP contribution in [-0.4, -0.2) is 65.5 Å². The van der Waals surface area contributed by atoms with Crippen LogP contribution in [0.3, 0.4) is 0 Å². The van der Waals surface area contributed by atoms with Crippen LogP contribution in [0.4, 0.5) is 13.2 Å². The van der Waals surface area contributed by atoms with Gasteiger partial charge in [-0.2, -0.15) is 18.3 Å². The van der Waals surface area contributed by atoms with Crippen molar-refractivity contribution in [2.24, 2.45) is 12.0 Å². The molecule has 1 aromatic heterocycles. The summed E-state index contributed by atoms with van der Waals surface area (Å²) in [7, 11) is 3.47. The summed E-state index contributed by atoms with van der Waals surface area (Å²) in [6, 6.07) is 5.22. The molecule has 164 valence electrons. The van der Waals surface area contributed by atoms with E-state index in [1.165, 1.54) is 6.33 Å². The third-order valence-corrected chi connectivity index (χ3v) is 5.01. The molecule has 1 fully saturated rings. The van der Waals surface area contributed by atoms with Crippen molar-refractivity contribution in [3.8, 4) is 0 Å². The number of nitrogens with one attached hydrogen (secondary N) is 2. The van der Waals surface area contributed by atoms with Gasteiger partial charge < -0.3 is 15.4 Å². The van der Waals surface area contributed by atoms with E-state index in [0.717, 1.165) is 23.5 Å². The van der Waals surface area contributed by atoms with Gasteiger partial charge in [-0.1, -0.05) is 12.1 Å². The minimum Gasteiger partial charge on any atom is -0.379 e. The number of guanidine groups is 1. The molecule has 0 saturated carbocycles. The predicted octanol–water partition coefficient (Wildman–Crippen LogP) is 1.57. The Kier molecular flexibility index (Phi) is 7.27. The normalized spacial score (nSPS) is 17.0. The minimum absolute atomic E-state index is 0.121. The van der Waals surface area contributed by atoms with E-state index in [9.17, 15) is 13.2 Å². The van der Waals surface area contributed by atoms with Gasteiger partial charge in [0.1, 0.15) is 12.2 Å². The summed E-state index contributed by atoms with van der Waals surface area (Å²) in [6.07, 6.45) is -2.87. The fraction of sp³-hybridized carbons (Fsp3) is 0.526. The van der Waals surface area contributed by atoms with Gasteiger partial charge in [-0.15, -0.1) is 0 Å². The molecule has 1 aliphatic heterocycles. The molecular formula is C19H26F3N7O. The zero-order valence-electron chi connectivity index (χ0n) is 17.0. The van der Waals surface area contributed by atoms with Crippen LogP contribution in [-0.2, 0) is 24.5 Å². The Morgan fingerprint density at radius 3 is 2.47 bits per heavy atom. The summed E-state index contributed by atoms with van der Waals surface area (Å²) < 4.78 is 45.9. The average Bonchev–Trinajstić information content (AvgIpc) is 3.15. The van der Waals surface area contributed by atoms with Gasteiger partial charge in [-0.3, -0.25) is 14.6 Å². The number of aromatic nitrogens is 3. The van der Waals surface area contributed by atoms with E-state index in [0.29, 0.717) is 45.4 Å². The van der Waals surface area contributed by atoms with Crippen LogP contribution in [0.5, 0.6) is 0 Å². The molecule has 1 saturated heterocycles. The zero-order valence-corrected chi connectivity index (χ0v) is 17.0. The SMILES string of the molecule is CN=C(NCc1ncnn1C)NCC(c1ccc(C(F)(F)F)cc1)N1CCOCC1. The summed E-state index contributed by atoms with van der Waals surface area (Å²) in [5, 5.41) is 10.5. The monoisotopic (exact) mass is 425 g/mol. The van der Waals surface area contributed by atoms with Crippen LogP contribution in [0.2, 0.25) is 0 Å². The van der Waals surface area contributed by atoms with Gasteiger partial charge in [0.2, 0.25) is 0 Å². The fourth-order valence-electron chi connectivity index (χ4n) is 3.30. The van der Waals surface area contributed by atoms with E-state index >= 15 is 0 Å². The lowest BCUT2D eigenvalue weighted by atomic mass is 10.0. The van der Waals surface area contributed by atoms with Gasteiger partial charge in [0, 0.05) is 33.7 Å². The van der Waals surface area contributed by atoms with E-state index in [2.05, 4.69) is 30.6 Å².